The van der Waals surface area contributed by atoms with Gasteiger partial charge in [-0.3, -0.25) is 0 Å². The van der Waals surface area contributed by atoms with Crippen molar-refractivity contribution in [2.24, 2.45) is 0 Å². The molecule has 0 radical (unpaired) electrons. The second-order valence-corrected chi connectivity index (χ2v) is 9.81. The van der Waals surface area contributed by atoms with Crippen LogP contribution in [0.3, 0.4) is 0 Å². The van der Waals surface area contributed by atoms with E-state index in [2.05, 4.69) is 4.90 Å². The SMILES string of the molecule is CCc1ccc(S(=O)(=O)N2CCN(c3ccc(C(=O)OC)cc3)CC2C)s1. The number of sulfonamides is 1. The minimum Gasteiger partial charge on any atom is -0.465 e. The molecule has 2 heterocycles. The lowest BCUT2D eigenvalue weighted by atomic mass is 10.1. The molecule has 2 aromatic rings. The predicted octanol–water partition coefficient (Wildman–Crippen LogP) is 3.00. The fourth-order valence-corrected chi connectivity index (χ4v) is 6.30. The Morgan fingerprint density at radius 3 is 2.44 bits per heavy atom. The van der Waals surface area contributed by atoms with Gasteiger partial charge < -0.3 is 9.64 Å². The number of carbonyl (C=O) groups is 1. The molecule has 3 rings (SSSR count). The highest BCUT2D eigenvalue weighted by Crippen LogP contribution is 2.29. The summed E-state index contributed by atoms with van der Waals surface area (Å²) >= 11 is 1.35. The molecule has 0 amide bonds. The number of aryl methyl sites for hydroxylation is 1. The maximum Gasteiger partial charge on any atom is 0.337 e. The standard InChI is InChI=1S/C19H24N2O4S2/c1-4-17-9-10-18(26-17)27(23,24)21-12-11-20(13-14(21)2)16-7-5-15(6-8-16)19(22)25-3/h5-10,14H,4,11-13H2,1-3H3. The summed E-state index contributed by atoms with van der Waals surface area (Å²) in [5, 5.41) is 0. The van der Waals surface area contributed by atoms with Gasteiger partial charge in [-0.1, -0.05) is 6.92 Å². The van der Waals surface area contributed by atoms with Crippen molar-refractivity contribution < 1.29 is 17.9 Å². The number of piperazine rings is 1. The summed E-state index contributed by atoms with van der Waals surface area (Å²) in [4.78, 5) is 14.8. The third kappa shape index (κ3) is 4.02. The van der Waals surface area contributed by atoms with Gasteiger partial charge >= 0.3 is 5.97 Å². The fraction of sp³-hybridized carbons (Fsp3) is 0.421. The molecule has 1 aromatic carbocycles. The van der Waals surface area contributed by atoms with E-state index < -0.39 is 10.0 Å². The molecule has 1 saturated heterocycles. The Hall–Kier alpha value is -1.90. The molecule has 0 bridgehead atoms. The lowest BCUT2D eigenvalue weighted by molar-refractivity contribution is 0.0600. The van der Waals surface area contributed by atoms with Crippen LogP contribution in [0.25, 0.3) is 0 Å². The van der Waals surface area contributed by atoms with E-state index in [1.54, 1.807) is 22.5 Å². The molecule has 1 aliphatic heterocycles. The number of hydrogen-bond donors (Lipinski definition) is 0. The minimum atomic E-state index is -3.46. The highest BCUT2D eigenvalue weighted by atomic mass is 32.2. The van der Waals surface area contributed by atoms with Gasteiger partial charge in [0.05, 0.1) is 12.7 Å². The van der Waals surface area contributed by atoms with Crippen LogP contribution in [0, 0.1) is 0 Å². The Morgan fingerprint density at radius 2 is 1.89 bits per heavy atom. The third-order valence-corrected chi connectivity index (χ3v) is 8.48. The third-order valence-electron chi connectivity index (χ3n) is 4.77. The van der Waals surface area contributed by atoms with Gasteiger partial charge in [0.25, 0.3) is 10.0 Å². The lowest BCUT2D eigenvalue weighted by Gasteiger charge is -2.39. The second-order valence-electron chi connectivity index (χ2n) is 6.52. The zero-order valence-corrected chi connectivity index (χ0v) is 17.3. The van der Waals surface area contributed by atoms with Crippen molar-refractivity contribution in [1.82, 2.24) is 4.31 Å². The van der Waals surface area contributed by atoms with E-state index in [4.69, 9.17) is 4.74 Å². The molecule has 0 spiro atoms. The van der Waals surface area contributed by atoms with E-state index in [0.29, 0.717) is 29.4 Å². The molecule has 27 heavy (non-hydrogen) atoms. The van der Waals surface area contributed by atoms with Crippen molar-refractivity contribution >= 4 is 33.0 Å². The number of benzene rings is 1. The molecule has 0 aliphatic carbocycles. The highest BCUT2D eigenvalue weighted by Gasteiger charge is 2.34. The van der Waals surface area contributed by atoms with Gasteiger partial charge in [0.15, 0.2) is 0 Å². The molecule has 146 valence electrons. The van der Waals surface area contributed by atoms with E-state index in [0.717, 1.165) is 17.0 Å². The van der Waals surface area contributed by atoms with Crippen molar-refractivity contribution in [2.75, 3.05) is 31.6 Å². The zero-order chi connectivity index (χ0) is 19.6. The van der Waals surface area contributed by atoms with Crippen molar-refractivity contribution in [1.29, 1.82) is 0 Å². The second kappa shape index (κ2) is 8.00. The van der Waals surface area contributed by atoms with Gasteiger partial charge in [-0.15, -0.1) is 11.3 Å². The molecule has 0 saturated carbocycles. The number of thiophene rings is 1. The van der Waals surface area contributed by atoms with Gasteiger partial charge in [-0.25, -0.2) is 13.2 Å². The summed E-state index contributed by atoms with van der Waals surface area (Å²) in [6, 6.07) is 10.7. The van der Waals surface area contributed by atoms with E-state index >= 15 is 0 Å². The number of methoxy groups -OCH3 is 1. The van der Waals surface area contributed by atoms with E-state index in [9.17, 15) is 13.2 Å². The van der Waals surface area contributed by atoms with Crippen molar-refractivity contribution in [3.05, 3.63) is 46.8 Å². The molecule has 1 unspecified atom stereocenters. The Morgan fingerprint density at radius 1 is 1.19 bits per heavy atom. The molecule has 1 fully saturated rings. The van der Waals surface area contributed by atoms with Gasteiger partial charge in [-0.05, 0) is 49.7 Å². The molecule has 0 N–H and O–H groups in total. The van der Waals surface area contributed by atoms with E-state index in [1.165, 1.54) is 18.4 Å². The summed E-state index contributed by atoms with van der Waals surface area (Å²) < 4.78 is 32.7. The number of carbonyl (C=O) groups excluding carboxylic acids is 1. The Balaban J connectivity index is 1.72. The molecule has 6 nitrogen and oxygen atoms in total. The number of rotatable bonds is 5. The largest absolute Gasteiger partial charge is 0.465 e. The van der Waals surface area contributed by atoms with Crippen LogP contribution in [0.2, 0.25) is 0 Å². The van der Waals surface area contributed by atoms with Crippen LogP contribution in [-0.4, -0.2) is 51.5 Å². The lowest BCUT2D eigenvalue weighted by Crippen LogP contribution is -2.53. The molecule has 1 aliphatic rings. The van der Waals surface area contributed by atoms with Gasteiger partial charge in [0.1, 0.15) is 4.21 Å². The zero-order valence-electron chi connectivity index (χ0n) is 15.7. The van der Waals surface area contributed by atoms with Gasteiger partial charge in [0.2, 0.25) is 0 Å². The first-order valence-corrected chi connectivity index (χ1v) is 11.2. The first kappa shape index (κ1) is 19.9. The van der Waals surface area contributed by atoms with Crippen molar-refractivity contribution in [3.8, 4) is 0 Å². The normalized spacial score (nSPS) is 18.5. The quantitative estimate of drug-likeness (QED) is 0.712. The van der Waals surface area contributed by atoms with Crippen LogP contribution in [0.4, 0.5) is 5.69 Å². The van der Waals surface area contributed by atoms with Crippen LogP contribution in [0.5, 0.6) is 0 Å². The summed E-state index contributed by atoms with van der Waals surface area (Å²) in [5.74, 6) is -0.367. The number of ether oxygens (including phenoxy) is 1. The van der Waals surface area contributed by atoms with E-state index in [1.807, 2.05) is 32.0 Å². The van der Waals surface area contributed by atoms with Crippen LogP contribution < -0.4 is 4.90 Å². The van der Waals surface area contributed by atoms with Gasteiger partial charge in [-0.2, -0.15) is 4.31 Å². The smallest absolute Gasteiger partial charge is 0.337 e. The van der Waals surface area contributed by atoms with Crippen molar-refractivity contribution in [2.45, 2.75) is 30.5 Å². The van der Waals surface area contributed by atoms with Gasteiger partial charge in [0, 0.05) is 36.2 Å². The number of esters is 1. The minimum absolute atomic E-state index is 0.142. The first-order valence-electron chi connectivity index (χ1n) is 8.90. The Bertz CT molecular complexity index is 906. The highest BCUT2D eigenvalue weighted by molar-refractivity contribution is 7.91. The Labute approximate surface area is 164 Å². The maximum atomic E-state index is 13.0. The first-order chi connectivity index (χ1) is 12.9. The molecular formula is C19H24N2O4S2. The van der Waals surface area contributed by atoms with Crippen LogP contribution in [-0.2, 0) is 21.2 Å². The van der Waals surface area contributed by atoms with Crippen molar-refractivity contribution in [3.63, 3.8) is 0 Å². The fourth-order valence-electron chi connectivity index (χ4n) is 3.26. The number of nitrogens with zero attached hydrogens (tertiary/aromatic N) is 2. The monoisotopic (exact) mass is 408 g/mol. The Kier molecular flexibility index (Phi) is 5.88. The van der Waals surface area contributed by atoms with E-state index in [-0.39, 0.29) is 12.0 Å². The molecule has 1 aromatic heterocycles. The average molecular weight is 409 g/mol. The summed E-state index contributed by atoms with van der Waals surface area (Å²) in [6.07, 6.45) is 0.838. The summed E-state index contributed by atoms with van der Waals surface area (Å²) in [5.41, 5.74) is 1.47. The molecular weight excluding hydrogens is 384 g/mol. The summed E-state index contributed by atoms with van der Waals surface area (Å²) in [6.45, 7) is 5.59. The number of hydrogen-bond acceptors (Lipinski definition) is 6. The maximum absolute atomic E-state index is 13.0. The van der Waals surface area contributed by atoms with Crippen LogP contribution >= 0.6 is 11.3 Å². The van der Waals surface area contributed by atoms with Crippen LogP contribution in [0.15, 0.2) is 40.6 Å². The predicted molar refractivity (Wildman–Crippen MR) is 107 cm³/mol. The summed E-state index contributed by atoms with van der Waals surface area (Å²) in [7, 11) is -2.11. The van der Waals surface area contributed by atoms with Crippen LogP contribution in [0.1, 0.15) is 29.1 Å². The molecule has 1 atom stereocenters. The molecule has 8 heteroatoms. The average Bonchev–Trinajstić information content (AvgIpc) is 3.17. The topological polar surface area (TPSA) is 66.9 Å². The number of anilines is 1.